The van der Waals surface area contributed by atoms with Gasteiger partial charge in [0.05, 0.1) is 0 Å². The lowest BCUT2D eigenvalue weighted by molar-refractivity contribution is -0.441. The number of aryl methyl sites for hydroxylation is 2. The molecule has 0 amide bonds. The normalized spacial score (nSPS) is 22.4. The van der Waals surface area contributed by atoms with Gasteiger partial charge in [-0.25, -0.2) is 4.79 Å². The molecular weight excluding hydrogens is 472 g/mol. The van der Waals surface area contributed by atoms with Gasteiger partial charge in [-0.3, -0.25) is 0 Å². The van der Waals surface area contributed by atoms with Crippen molar-refractivity contribution < 1.29 is 14.2 Å². The van der Waals surface area contributed by atoms with Gasteiger partial charge < -0.3 is 14.5 Å². The van der Waals surface area contributed by atoms with Gasteiger partial charge in [0.2, 0.25) is 0 Å². The van der Waals surface area contributed by atoms with Crippen molar-refractivity contribution in [1.82, 2.24) is 4.90 Å². The summed E-state index contributed by atoms with van der Waals surface area (Å²) >= 11 is 0. The summed E-state index contributed by atoms with van der Waals surface area (Å²) in [5, 5.41) is 5.14. The number of hydrogen-bond acceptors (Lipinski definition) is 5. The van der Waals surface area contributed by atoms with Crippen molar-refractivity contribution in [2.75, 3.05) is 18.0 Å². The van der Waals surface area contributed by atoms with Crippen LogP contribution in [0, 0.1) is 25.7 Å². The number of nitrogens with zero attached hydrogens (tertiary/aromatic N) is 4. The molecule has 1 aliphatic carbocycles. The summed E-state index contributed by atoms with van der Waals surface area (Å²) in [6.07, 6.45) is 5.98. The number of anilines is 1. The van der Waals surface area contributed by atoms with Gasteiger partial charge >= 0.3 is 5.97 Å². The van der Waals surface area contributed by atoms with Crippen LogP contribution in [0.3, 0.4) is 0 Å². The minimum absolute atomic E-state index is 0.228. The van der Waals surface area contributed by atoms with E-state index < -0.39 is 5.97 Å². The van der Waals surface area contributed by atoms with Crippen molar-refractivity contribution in [2.45, 2.75) is 61.0 Å². The molecule has 0 spiro atoms. The zero-order valence-electron chi connectivity index (χ0n) is 23.5. The highest BCUT2D eigenvalue weighted by Crippen LogP contribution is 2.42. The van der Waals surface area contributed by atoms with Crippen LogP contribution < -0.4 is 4.90 Å². The Morgan fingerprint density at radius 2 is 1.74 bits per heavy atom. The van der Waals surface area contributed by atoms with E-state index in [-0.39, 0.29) is 6.61 Å². The average Bonchev–Trinajstić information content (AvgIpc) is 3.09. The van der Waals surface area contributed by atoms with Crippen molar-refractivity contribution in [3.8, 4) is 0 Å². The van der Waals surface area contributed by atoms with Crippen LogP contribution in [0.15, 0.2) is 70.5 Å². The third kappa shape index (κ3) is 4.92. The van der Waals surface area contributed by atoms with E-state index in [1.54, 1.807) is 4.68 Å². The number of ether oxygens (including phenoxy) is 1. The summed E-state index contributed by atoms with van der Waals surface area (Å²) < 4.78 is 7.36. The molecule has 0 radical (unpaired) electrons. The summed E-state index contributed by atoms with van der Waals surface area (Å²) in [6.45, 7) is 15.3. The second kappa shape index (κ2) is 10.6. The maximum absolute atomic E-state index is 13.0. The minimum atomic E-state index is -0.412. The highest BCUT2D eigenvalue weighted by Gasteiger charge is 2.40. The van der Waals surface area contributed by atoms with Crippen molar-refractivity contribution in [1.29, 1.82) is 0 Å². The van der Waals surface area contributed by atoms with Crippen LogP contribution in [-0.4, -0.2) is 40.8 Å². The Kier molecular flexibility index (Phi) is 7.24. The number of carbonyl (C=O) groups excluding carboxylic acids is 1. The number of hydrogen-bond donors (Lipinski definition) is 0. The third-order valence-corrected chi connectivity index (χ3v) is 8.13. The summed E-state index contributed by atoms with van der Waals surface area (Å²) in [5.41, 5.74) is 9.34. The van der Waals surface area contributed by atoms with E-state index in [4.69, 9.17) is 9.84 Å². The van der Waals surface area contributed by atoms with Gasteiger partial charge in [0.25, 0.3) is 17.9 Å². The van der Waals surface area contributed by atoms with Gasteiger partial charge in [0.15, 0.2) is 0 Å². The van der Waals surface area contributed by atoms with Crippen molar-refractivity contribution in [3.05, 3.63) is 82.1 Å². The summed E-state index contributed by atoms with van der Waals surface area (Å²) in [5.74, 6) is 1.30. The first kappa shape index (κ1) is 26.0. The number of hydrazone groups is 1. The fraction of sp³-hybridized carbons (Fsp3) is 0.406. The maximum atomic E-state index is 13.0. The molecule has 2 heterocycles. The highest BCUT2D eigenvalue weighted by molar-refractivity contribution is 6.21. The molecule has 0 N–H and O–H groups in total. The first-order chi connectivity index (χ1) is 18.2. The summed E-state index contributed by atoms with van der Waals surface area (Å²) in [7, 11) is 0. The number of allylic oxidation sites excluding steroid dienone is 4. The quantitative estimate of drug-likeness (QED) is 0.349. The second-order valence-electron chi connectivity index (χ2n) is 11.0. The Balaban J connectivity index is 1.60. The van der Waals surface area contributed by atoms with Gasteiger partial charge in [-0.15, -0.1) is 0 Å². The molecule has 6 nitrogen and oxygen atoms in total. The number of fused-ring (bicyclic) bond motifs is 3. The molecule has 3 aliphatic rings. The Morgan fingerprint density at radius 3 is 2.47 bits per heavy atom. The highest BCUT2D eigenvalue weighted by atomic mass is 16.5. The molecule has 0 aromatic heterocycles. The lowest BCUT2D eigenvalue weighted by Gasteiger charge is -2.40. The monoisotopic (exact) mass is 511 g/mol. The van der Waals surface area contributed by atoms with Crippen LogP contribution in [0.2, 0.25) is 0 Å². The molecule has 38 heavy (non-hydrogen) atoms. The Labute approximate surface area is 226 Å². The molecule has 1 unspecified atom stereocenters. The van der Waals surface area contributed by atoms with Crippen LogP contribution in [-0.2, 0) is 16.1 Å². The topological polar surface area (TPSA) is 48.2 Å². The fourth-order valence-corrected chi connectivity index (χ4v) is 6.01. The van der Waals surface area contributed by atoms with E-state index in [0.29, 0.717) is 11.8 Å². The first-order valence-electron chi connectivity index (χ1n) is 13.7. The molecule has 1 saturated heterocycles. The number of guanidine groups is 1. The van der Waals surface area contributed by atoms with E-state index in [0.717, 1.165) is 54.4 Å². The van der Waals surface area contributed by atoms with Gasteiger partial charge in [-0.2, -0.15) is 0 Å². The smallest absolute Gasteiger partial charge is 0.399 e. The molecule has 2 atom stereocenters. The Hall–Kier alpha value is -3.67. The number of carbonyl (C=O) groups is 1. The molecule has 198 valence electrons. The standard InChI is InChI=1S/C32H39N4O2/c1-21-16-23(3)31-28(17-21)36(19-29(37)38-20-27-12-8-7-9-13-27)33-32-34(14-10-11-15-35(31)32)30-24(4)18-22(2)25(5)26(30)6/h7-9,12-13,16-19,25-26H,10-11,14-15,20H2,1-6H3/q+1/b36-19+/t25?,26-/m0/s1. The van der Waals surface area contributed by atoms with Gasteiger partial charge in [-0.05, 0) is 73.4 Å². The van der Waals surface area contributed by atoms with Crippen molar-refractivity contribution >= 4 is 29.5 Å². The van der Waals surface area contributed by atoms with Crippen LogP contribution in [0.25, 0.3) is 0 Å². The van der Waals surface area contributed by atoms with E-state index in [9.17, 15) is 4.79 Å². The van der Waals surface area contributed by atoms with E-state index in [2.05, 4.69) is 69.6 Å². The zero-order valence-corrected chi connectivity index (χ0v) is 23.5. The lowest BCUT2D eigenvalue weighted by Crippen LogP contribution is -2.48. The predicted octanol–water partition coefficient (Wildman–Crippen LogP) is 6.45. The fourth-order valence-electron chi connectivity index (χ4n) is 6.01. The average molecular weight is 512 g/mol. The van der Waals surface area contributed by atoms with Crippen LogP contribution in [0.1, 0.15) is 57.2 Å². The number of esters is 1. The Bertz CT molecular complexity index is 1370. The first-order valence-corrected chi connectivity index (χ1v) is 13.7. The lowest BCUT2D eigenvalue weighted by atomic mass is 9.80. The molecule has 5 rings (SSSR count). The van der Waals surface area contributed by atoms with Crippen LogP contribution >= 0.6 is 0 Å². The predicted molar refractivity (Wildman–Crippen MR) is 154 cm³/mol. The molecule has 2 aliphatic heterocycles. The van der Waals surface area contributed by atoms with E-state index >= 15 is 0 Å². The second-order valence-corrected chi connectivity index (χ2v) is 11.0. The number of benzene rings is 2. The molecule has 0 bridgehead atoms. The van der Waals surface area contributed by atoms with E-state index in [1.165, 1.54) is 28.6 Å². The largest absolute Gasteiger partial charge is 0.453 e. The zero-order chi connectivity index (χ0) is 27.0. The SMILES string of the molecule is CC1=CC(C)=C(N2CCCCN3C2=N/[N+](=C/C(=O)OCc2ccccc2)c2cc(C)cc(C)c23)[C@@H](C)C1C. The third-order valence-electron chi connectivity index (χ3n) is 8.13. The van der Waals surface area contributed by atoms with Crippen LogP contribution in [0.4, 0.5) is 11.4 Å². The van der Waals surface area contributed by atoms with Gasteiger partial charge in [-0.1, -0.05) is 61.9 Å². The molecular formula is C32H39N4O2+. The molecule has 1 fully saturated rings. The molecule has 2 aromatic rings. The summed E-state index contributed by atoms with van der Waals surface area (Å²) in [4.78, 5) is 17.8. The van der Waals surface area contributed by atoms with Crippen molar-refractivity contribution in [3.63, 3.8) is 0 Å². The minimum Gasteiger partial charge on any atom is -0.453 e. The van der Waals surface area contributed by atoms with Gasteiger partial charge in [0.1, 0.15) is 12.3 Å². The van der Waals surface area contributed by atoms with E-state index in [1.807, 2.05) is 30.3 Å². The molecule has 0 saturated carbocycles. The van der Waals surface area contributed by atoms with Crippen molar-refractivity contribution in [2.24, 2.45) is 16.9 Å². The van der Waals surface area contributed by atoms with Crippen LogP contribution in [0.5, 0.6) is 0 Å². The Morgan fingerprint density at radius 1 is 1.03 bits per heavy atom. The van der Waals surface area contributed by atoms with Gasteiger partial charge in [0, 0.05) is 35.9 Å². The number of rotatable bonds is 4. The molecule has 6 heteroatoms. The summed E-state index contributed by atoms with van der Waals surface area (Å²) in [6, 6.07) is 14.1. The molecule has 2 aromatic carbocycles. The maximum Gasteiger partial charge on any atom is 0.399 e.